The van der Waals surface area contributed by atoms with Gasteiger partial charge >= 0.3 is 0 Å². The second-order valence-corrected chi connectivity index (χ2v) is 10.5. The zero-order valence-corrected chi connectivity index (χ0v) is 19.9. The van der Waals surface area contributed by atoms with Crippen LogP contribution in [0.1, 0.15) is 45.6 Å². The first-order valence-electron chi connectivity index (χ1n) is 10.00. The van der Waals surface area contributed by atoms with Crippen LogP contribution in [0, 0.1) is 0 Å². The SMILES string of the molecule is CC/C=C\CC(C)N/N=C\CC(C)/N=C(\SC)C1(c2ccccc2)SCCS1. The van der Waals surface area contributed by atoms with Crippen molar-refractivity contribution in [3.63, 3.8) is 0 Å². The van der Waals surface area contributed by atoms with Crippen LogP contribution in [-0.2, 0) is 4.08 Å². The molecule has 3 nitrogen and oxygen atoms in total. The highest BCUT2D eigenvalue weighted by atomic mass is 32.2. The Morgan fingerprint density at radius 2 is 1.89 bits per heavy atom. The maximum Gasteiger partial charge on any atom is 0.134 e. The number of benzene rings is 1. The zero-order valence-electron chi connectivity index (χ0n) is 17.4. The lowest BCUT2D eigenvalue weighted by Crippen LogP contribution is -2.26. The summed E-state index contributed by atoms with van der Waals surface area (Å²) in [7, 11) is 0. The lowest BCUT2D eigenvalue weighted by Gasteiger charge is -2.29. The van der Waals surface area contributed by atoms with Gasteiger partial charge in [0, 0.05) is 30.2 Å². The van der Waals surface area contributed by atoms with E-state index in [4.69, 9.17) is 4.99 Å². The smallest absolute Gasteiger partial charge is 0.134 e. The molecule has 0 radical (unpaired) electrons. The van der Waals surface area contributed by atoms with Gasteiger partial charge < -0.3 is 5.43 Å². The molecule has 1 heterocycles. The summed E-state index contributed by atoms with van der Waals surface area (Å²) in [5.41, 5.74) is 4.56. The number of nitrogens with zero attached hydrogens (tertiary/aromatic N) is 2. The van der Waals surface area contributed by atoms with Crippen LogP contribution in [0.15, 0.2) is 52.6 Å². The average Bonchev–Trinajstić information content (AvgIpc) is 3.21. The fourth-order valence-corrected chi connectivity index (χ4v) is 7.47. The zero-order chi connectivity index (χ0) is 20.2. The molecule has 0 amide bonds. The van der Waals surface area contributed by atoms with Gasteiger partial charge in [-0.1, -0.05) is 49.4 Å². The molecular weight excluding hydrogens is 402 g/mol. The molecular formula is C22H33N3S3. The maximum absolute atomic E-state index is 5.11. The lowest BCUT2D eigenvalue weighted by atomic mass is 10.1. The van der Waals surface area contributed by atoms with E-state index in [0.29, 0.717) is 6.04 Å². The van der Waals surface area contributed by atoms with Crippen LogP contribution < -0.4 is 5.43 Å². The summed E-state index contributed by atoms with van der Waals surface area (Å²) in [5.74, 6) is 2.34. The summed E-state index contributed by atoms with van der Waals surface area (Å²) in [5, 5.41) is 5.62. The molecule has 1 aliphatic heterocycles. The largest absolute Gasteiger partial charge is 0.307 e. The molecule has 2 atom stereocenters. The third-order valence-corrected chi connectivity index (χ3v) is 8.89. The molecule has 0 spiro atoms. The van der Waals surface area contributed by atoms with Crippen molar-refractivity contribution in [1.82, 2.24) is 5.43 Å². The van der Waals surface area contributed by atoms with E-state index in [2.05, 4.69) is 80.0 Å². The van der Waals surface area contributed by atoms with Crippen LogP contribution in [0.3, 0.4) is 0 Å². The summed E-state index contributed by atoms with van der Waals surface area (Å²) in [6.45, 7) is 6.49. The molecule has 2 rings (SSSR count). The van der Waals surface area contributed by atoms with E-state index in [0.717, 1.165) is 19.3 Å². The first-order valence-corrected chi connectivity index (χ1v) is 13.2. The molecule has 1 aliphatic rings. The van der Waals surface area contributed by atoms with Gasteiger partial charge in [0.15, 0.2) is 0 Å². The Hall–Kier alpha value is -0.850. The summed E-state index contributed by atoms with van der Waals surface area (Å²) in [4.78, 5) is 5.11. The summed E-state index contributed by atoms with van der Waals surface area (Å²) < 4.78 is -0.0511. The van der Waals surface area contributed by atoms with Gasteiger partial charge in [-0.3, -0.25) is 4.99 Å². The molecule has 1 aromatic rings. The van der Waals surface area contributed by atoms with Gasteiger partial charge in [-0.25, -0.2) is 0 Å². The summed E-state index contributed by atoms with van der Waals surface area (Å²) in [6.07, 6.45) is 11.5. The minimum absolute atomic E-state index is 0.0511. The third kappa shape index (κ3) is 6.89. The van der Waals surface area contributed by atoms with Gasteiger partial charge in [-0.2, -0.15) is 5.10 Å². The lowest BCUT2D eigenvalue weighted by molar-refractivity contribution is 0.579. The van der Waals surface area contributed by atoms with Gasteiger partial charge in [0.05, 0.1) is 11.1 Å². The third-order valence-electron chi connectivity index (χ3n) is 4.39. The van der Waals surface area contributed by atoms with Crippen molar-refractivity contribution in [3.8, 4) is 0 Å². The van der Waals surface area contributed by atoms with Gasteiger partial charge in [-0.15, -0.1) is 35.3 Å². The molecule has 1 saturated heterocycles. The molecule has 0 saturated carbocycles. The number of aliphatic imine (C=N–C) groups is 1. The second-order valence-electron chi connectivity index (χ2n) is 6.86. The van der Waals surface area contributed by atoms with Crippen LogP contribution in [0.5, 0.6) is 0 Å². The number of hydrogen-bond acceptors (Lipinski definition) is 6. The molecule has 28 heavy (non-hydrogen) atoms. The second kappa shape index (κ2) is 12.7. The van der Waals surface area contributed by atoms with Crippen molar-refractivity contribution in [2.75, 3.05) is 17.8 Å². The van der Waals surface area contributed by atoms with Crippen LogP contribution in [0.25, 0.3) is 0 Å². The first-order chi connectivity index (χ1) is 13.6. The molecule has 1 fully saturated rings. The number of allylic oxidation sites excluding steroid dienone is 1. The molecule has 2 unspecified atom stereocenters. The molecule has 1 aromatic carbocycles. The molecule has 6 heteroatoms. The van der Waals surface area contributed by atoms with E-state index in [1.807, 2.05) is 29.7 Å². The fourth-order valence-electron chi connectivity index (χ4n) is 2.91. The molecule has 1 N–H and O–H groups in total. The van der Waals surface area contributed by atoms with E-state index in [-0.39, 0.29) is 10.1 Å². The summed E-state index contributed by atoms with van der Waals surface area (Å²) >= 11 is 5.82. The first kappa shape index (κ1) is 23.4. The maximum atomic E-state index is 5.11. The van der Waals surface area contributed by atoms with Crippen molar-refractivity contribution in [1.29, 1.82) is 0 Å². The van der Waals surface area contributed by atoms with Crippen LogP contribution >= 0.6 is 35.3 Å². The van der Waals surface area contributed by atoms with Gasteiger partial charge in [0.1, 0.15) is 4.08 Å². The Balaban J connectivity index is 1.98. The van der Waals surface area contributed by atoms with Gasteiger partial charge in [0.2, 0.25) is 0 Å². The molecule has 0 aromatic heterocycles. The van der Waals surface area contributed by atoms with Gasteiger partial charge in [-0.05, 0) is 38.5 Å². The molecule has 154 valence electrons. The van der Waals surface area contributed by atoms with Crippen molar-refractivity contribution in [3.05, 3.63) is 48.0 Å². The van der Waals surface area contributed by atoms with Gasteiger partial charge in [0.25, 0.3) is 0 Å². The quantitative estimate of drug-likeness (QED) is 0.206. The average molecular weight is 436 g/mol. The molecule has 0 bridgehead atoms. The number of hydrogen-bond donors (Lipinski definition) is 1. The van der Waals surface area contributed by atoms with E-state index < -0.39 is 0 Å². The van der Waals surface area contributed by atoms with Crippen LogP contribution in [0.2, 0.25) is 0 Å². The Bertz CT molecular complexity index is 652. The van der Waals surface area contributed by atoms with E-state index in [1.165, 1.54) is 22.1 Å². The predicted octanol–water partition coefficient (Wildman–Crippen LogP) is 6.18. The van der Waals surface area contributed by atoms with Crippen LogP contribution in [-0.4, -0.2) is 41.1 Å². The normalized spacial score (nSPS) is 19.4. The number of rotatable bonds is 10. The highest BCUT2D eigenvalue weighted by Gasteiger charge is 2.42. The highest BCUT2D eigenvalue weighted by molar-refractivity contribution is 8.26. The standard InChI is InChI=1S/C22H33N3S3/c1-5-6-8-11-19(3)25-23-15-14-18(2)24-21(26-4)22(27-16-17-28-22)20-12-9-7-10-13-20/h6-10,12-13,15,18-19,25H,5,11,14,16-17H2,1-4H3/b8-6-,23-15-,24-21-. The Kier molecular flexibility index (Phi) is 10.6. The Labute approximate surface area is 183 Å². The minimum Gasteiger partial charge on any atom is -0.307 e. The number of hydrazone groups is 1. The fraction of sp³-hybridized carbons (Fsp3) is 0.545. The van der Waals surface area contributed by atoms with E-state index in [1.54, 1.807) is 11.8 Å². The van der Waals surface area contributed by atoms with Crippen molar-refractivity contribution in [2.45, 2.75) is 56.2 Å². The monoisotopic (exact) mass is 435 g/mol. The van der Waals surface area contributed by atoms with E-state index in [9.17, 15) is 0 Å². The Morgan fingerprint density at radius 3 is 2.54 bits per heavy atom. The van der Waals surface area contributed by atoms with Crippen molar-refractivity contribution >= 4 is 46.5 Å². The van der Waals surface area contributed by atoms with Crippen LogP contribution in [0.4, 0.5) is 0 Å². The predicted molar refractivity (Wildman–Crippen MR) is 133 cm³/mol. The minimum atomic E-state index is -0.0511. The highest BCUT2D eigenvalue weighted by Crippen LogP contribution is 2.54. The molecule has 0 aliphatic carbocycles. The number of nitrogens with one attached hydrogen (secondary N) is 1. The number of thioether (sulfide) groups is 3. The Morgan fingerprint density at radius 1 is 1.18 bits per heavy atom. The van der Waals surface area contributed by atoms with Crippen molar-refractivity contribution < 1.29 is 0 Å². The topological polar surface area (TPSA) is 36.8 Å². The van der Waals surface area contributed by atoms with E-state index >= 15 is 0 Å². The summed E-state index contributed by atoms with van der Waals surface area (Å²) in [6, 6.07) is 11.4. The van der Waals surface area contributed by atoms with Crippen molar-refractivity contribution in [2.24, 2.45) is 10.1 Å².